The standard InChI is InChI=1S/C10H19N3O3/c1-10(2,3)8-9(13-16-12-8)11-7(14)5-6-15-4/h8,12H,5-6H2,1-4H3,(H,11,13,14). The van der Waals surface area contributed by atoms with Crippen molar-refractivity contribution in [2.24, 2.45) is 10.6 Å². The first-order valence-corrected chi connectivity index (χ1v) is 5.23. The van der Waals surface area contributed by atoms with E-state index in [1.807, 2.05) is 20.8 Å². The van der Waals surface area contributed by atoms with Crippen molar-refractivity contribution in [2.75, 3.05) is 13.7 Å². The van der Waals surface area contributed by atoms with E-state index in [4.69, 9.17) is 9.68 Å². The molecule has 0 radical (unpaired) electrons. The molecule has 1 unspecified atom stereocenters. The highest BCUT2D eigenvalue weighted by molar-refractivity contribution is 6.01. The molecule has 16 heavy (non-hydrogen) atoms. The summed E-state index contributed by atoms with van der Waals surface area (Å²) in [6.07, 6.45) is 0.312. The van der Waals surface area contributed by atoms with Crippen LogP contribution < -0.4 is 10.8 Å². The van der Waals surface area contributed by atoms with Crippen LogP contribution in [0.5, 0.6) is 0 Å². The van der Waals surface area contributed by atoms with Gasteiger partial charge in [-0.3, -0.25) is 9.73 Å². The number of hydroxylamine groups is 1. The summed E-state index contributed by atoms with van der Waals surface area (Å²) in [7, 11) is 1.56. The van der Waals surface area contributed by atoms with Gasteiger partial charge in [0.15, 0.2) is 5.84 Å². The van der Waals surface area contributed by atoms with Gasteiger partial charge >= 0.3 is 0 Å². The number of amidine groups is 1. The van der Waals surface area contributed by atoms with E-state index in [0.717, 1.165) is 0 Å². The molecule has 1 rings (SSSR count). The average molecular weight is 229 g/mol. The highest BCUT2D eigenvalue weighted by Gasteiger charge is 2.35. The Labute approximate surface area is 95.3 Å². The quantitative estimate of drug-likeness (QED) is 0.735. The Morgan fingerprint density at radius 3 is 2.88 bits per heavy atom. The van der Waals surface area contributed by atoms with Crippen LogP contribution in [0.3, 0.4) is 0 Å². The lowest BCUT2D eigenvalue weighted by Gasteiger charge is -2.25. The van der Waals surface area contributed by atoms with Crippen LogP contribution in [0, 0.1) is 5.41 Å². The largest absolute Gasteiger partial charge is 0.384 e. The Kier molecular flexibility index (Phi) is 4.26. The van der Waals surface area contributed by atoms with Gasteiger partial charge < -0.3 is 10.1 Å². The van der Waals surface area contributed by atoms with Gasteiger partial charge in [0.2, 0.25) is 5.91 Å². The number of hydrogen-bond donors (Lipinski definition) is 2. The van der Waals surface area contributed by atoms with E-state index in [9.17, 15) is 4.79 Å². The molecule has 0 spiro atoms. The fourth-order valence-corrected chi connectivity index (χ4v) is 1.32. The molecule has 0 saturated carbocycles. The summed E-state index contributed by atoms with van der Waals surface area (Å²) >= 11 is 0. The molecular formula is C10H19N3O3. The smallest absolute Gasteiger partial charge is 0.227 e. The van der Waals surface area contributed by atoms with Crippen molar-refractivity contribution in [1.29, 1.82) is 0 Å². The second kappa shape index (κ2) is 5.27. The van der Waals surface area contributed by atoms with E-state index in [0.29, 0.717) is 18.9 Å². The molecule has 2 N–H and O–H groups in total. The minimum absolute atomic E-state index is 0.0795. The number of hydrogen-bond acceptors (Lipinski definition) is 5. The average Bonchev–Trinajstić information content (AvgIpc) is 2.62. The lowest BCUT2D eigenvalue weighted by atomic mass is 9.86. The lowest BCUT2D eigenvalue weighted by molar-refractivity contribution is -0.120. The molecule has 0 aromatic carbocycles. The Bertz CT molecular complexity index is 284. The second-order valence-corrected chi connectivity index (χ2v) is 4.78. The van der Waals surface area contributed by atoms with Crippen molar-refractivity contribution < 1.29 is 14.5 Å². The Morgan fingerprint density at radius 1 is 1.62 bits per heavy atom. The molecule has 6 heteroatoms. The zero-order chi connectivity index (χ0) is 12.2. The minimum Gasteiger partial charge on any atom is -0.384 e. The maximum Gasteiger partial charge on any atom is 0.227 e. The Hall–Kier alpha value is -1.14. The second-order valence-electron chi connectivity index (χ2n) is 4.78. The van der Waals surface area contributed by atoms with E-state index < -0.39 is 0 Å². The molecule has 6 nitrogen and oxygen atoms in total. The zero-order valence-electron chi connectivity index (χ0n) is 10.2. The van der Waals surface area contributed by atoms with Gasteiger partial charge in [0.25, 0.3) is 0 Å². The van der Waals surface area contributed by atoms with Crippen LogP contribution in [0.2, 0.25) is 0 Å². The molecule has 0 aromatic heterocycles. The normalized spacial score (nSPS) is 20.2. The summed E-state index contributed by atoms with van der Waals surface area (Å²) in [5.41, 5.74) is 2.68. The van der Waals surface area contributed by atoms with Crippen molar-refractivity contribution in [2.45, 2.75) is 33.2 Å². The van der Waals surface area contributed by atoms with Crippen LogP contribution in [0.1, 0.15) is 27.2 Å². The third kappa shape index (κ3) is 3.46. The third-order valence-electron chi connectivity index (χ3n) is 2.25. The van der Waals surface area contributed by atoms with Gasteiger partial charge in [-0.05, 0) is 10.6 Å². The van der Waals surface area contributed by atoms with Crippen molar-refractivity contribution in [3.63, 3.8) is 0 Å². The van der Waals surface area contributed by atoms with E-state index in [2.05, 4.69) is 16.0 Å². The number of carbonyl (C=O) groups is 1. The zero-order valence-corrected chi connectivity index (χ0v) is 10.2. The highest BCUT2D eigenvalue weighted by Crippen LogP contribution is 2.22. The number of carbonyl (C=O) groups excluding carboxylic acids is 1. The molecule has 1 aliphatic heterocycles. The van der Waals surface area contributed by atoms with Crippen molar-refractivity contribution in [3.8, 4) is 0 Å². The molecule has 0 bridgehead atoms. The summed E-state index contributed by atoms with van der Waals surface area (Å²) in [5.74, 6) is 0.399. The fourth-order valence-electron chi connectivity index (χ4n) is 1.32. The number of methoxy groups -OCH3 is 1. The van der Waals surface area contributed by atoms with Crippen molar-refractivity contribution in [1.82, 2.24) is 10.8 Å². The van der Waals surface area contributed by atoms with Gasteiger partial charge in [0, 0.05) is 7.11 Å². The molecule has 0 fully saturated rings. The lowest BCUT2D eigenvalue weighted by Crippen LogP contribution is -2.48. The topological polar surface area (TPSA) is 72.0 Å². The molecule has 92 valence electrons. The van der Waals surface area contributed by atoms with Crippen LogP contribution >= 0.6 is 0 Å². The van der Waals surface area contributed by atoms with Crippen LogP contribution in [0.15, 0.2) is 5.16 Å². The Balaban J connectivity index is 2.50. The SMILES string of the molecule is COCCC(=O)NC1=NONC1C(C)(C)C. The first kappa shape index (κ1) is 12.9. The van der Waals surface area contributed by atoms with Gasteiger partial charge in [-0.1, -0.05) is 20.8 Å². The molecule has 1 atom stereocenters. The summed E-state index contributed by atoms with van der Waals surface area (Å²) in [4.78, 5) is 16.3. The Morgan fingerprint density at radius 2 is 2.31 bits per heavy atom. The van der Waals surface area contributed by atoms with Gasteiger partial charge in [0.05, 0.1) is 13.0 Å². The maximum absolute atomic E-state index is 11.5. The number of nitrogens with one attached hydrogen (secondary N) is 2. The summed E-state index contributed by atoms with van der Waals surface area (Å²) in [6.45, 7) is 6.51. The van der Waals surface area contributed by atoms with E-state index in [-0.39, 0.29) is 17.4 Å². The molecule has 0 saturated heterocycles. The summed E-state index contributed by atoms with van der Waals surface area (Å²) in [6, 6.07) is -0.112. The molecule has 0 aliphatic carbocycles. The minimum atomic E-state index is -0.123. The van der Waals surface area contributed by atoms with Gasteiger partial charge in [-0.2, -0.15) is 0 Å². The maximum atomic E-state index is 11.5. The van der Waals surface area contributed by atoms with Gasteiger partial charge in [0.1, 0.15) is 6.04 Å². The molecule has 1 heterocycles. The summed E-state index contributed by atoms with van der Waals surface area (Å²) in [5, 5.41) is 6.48. The van der Waals surface area contributed by atoms with Gasteiger partial charge in [-0.15, -0.1) is 5.48 Å². The number of nitrogens with zero attached hydrogens (tertiary/aromatic N) is 1. The van der Waals surface area contributed by atoms with Gasteiger partial charge in [-0.25, -0.2) is 0 Å². The first-order chi connectivity index (χ1) is 7.45. The van der Waals surface area contributed by atoms with Crippen LogP contribution in [0.25, 0.3) is 0 Å². The molecular weight excluding hydrogens is 210 g/mol. The van der Waals surface area contributed by atoms with Crippen LogP contribution in [-0.4, -0.2) is 31.5 Å². The molecule has 0 aromatic rings. The highest BCUT2D eigenvalue weighted by atomic mass is 16.8. The summed E-state index contributed by atoms with van der Waals surface area (Å²) < 4.78 is 4.82. The van der Waals surface area contributed by atoms with Crippen LogP contribution in [-0.2, 0) is 14.5 Å². The predicted octanol–water partition coefficient (Wildman–Crippen LogP) is 0.402. The van der Waals surface area contributed by atoms with E-state index in [1.165, 1.54) is 0 Å². The number of ether oxygens (including phenoxy) is 1. The van der Waals surface area contributed by atoms with Crippen molar-refractivity contribution in [3.05, 3.63) is 0 Å². The van der Waals surface area contributed by atoms with Crippen molar-refractivity contribution >= 4 is 11.7 Å². The third-order valence-corrected chi connectivity index (χ3v) is 2.25. The first-order valence-electron chi connectivity index (χ1n) is 5.23. The monoisotopic (exact) mass is 229 g/mol. The predicted molar refractivity (Wildman–Crippen MR) is 59.5 cm³/mol. The molecule has 1 amide bonds. The number of oxime groups is 1. The number of amides is 1. The van der Waals surface area contributed by atoms with E-state index in [1.54, 1.807) is 7.11 Å². The fraction of sp³-hybridized carbons (Fsp3) is 0.800. The van der Waals surface area contributed by atoms with E-state index >= 15 is 0 Å². The van der Waals surface area contributed by atoms with Crippen LogP contribution in [0.4, 0.5) is 0 Å². The molecule has 1 aliphatic rings. The number of rotatable bonds is 3.